The van der Waals surface area contributed by atoms with Gasteiger partial charge in [0.05, 0.1) is 38.7 Å². The normalized spacial score (nSPS) is 14.7. The fourth-order valence-corrected chi connectivity index (χ4v) is 5.43. The van der Waals surface area contributed by atoms with Crippen LogP contribution in [0.3, 0.4) is 0 Å². The number of nitrogens with one attached hydrogen (secondary N) is 2. The minimum atomic E-state index is -0.598. The molecule has 0 atom stereocenters. The summed E-state index contributed by atoms with van der Waals surface area (Å²) in [6.07, 6.45) is 1.61. The first-order valence-electron chi connectivity index (χ1n) is 17.0. The van der Waals surface area contributed by atoms with E-state index in [0.717, 1.165) is 81.3 Å². The Balaban J connectivity index is 1.14. The van der Waals surface area contributed by atoms with Crippen molar-refractivity contribution in [2.75, 3.05) is 74.7 Å². The average molecular weight is 676 g/mol. The summed E-state index contributed by atoms with van der Waals surface area (Å²) in [7, 11) is 0. The van der Waals surface area contributed by atoms with Gasteiger partial charge in [-0.15, -0.1) is 0 Å². The summed E-state index contributed by atoms with van der Waals surface area (Å²) >= 11 is 0. The second-order valence-corrected chi connectivity index (χ2v) is 11.9. The van der Waals surface area contributed by atoms with Gasteiger partial charge in [0, 0.05) is 49.4 Å². The fourth-order valence-electron chi connectivity index (χ4n) is 5.43. The van der Waals surface area contributed by atoms with Crippen LogP contribution in [0.1, 0.15) is 46.9 Å². The van der Waals surface area contributed by atoms with Crippen LogP contribution in [0.25, 0.3) is 11.3 Å². The second-order valence-electron chi connectivity index (χ2n) is 11.9. The first-order valence-corrected chi connectivity index (χ1v) is 17.0. The van der Waals surface area contributed by atoms with Crippen LogP contribution in [0.5, 0.6) is 0 Å². The van der Waals surface area contributed by atoms with Crippen LogP contribution in [0.2, 0.25) is 0 Å². The van der Waals surface area contributed by atoms with Gasteiger partial charge in [0.2, 0.25) is 5.95 Å². The average Bonchev–Trinajstić information content (AvgIpc) is 3.15. The number of anilines is 3. The molecule has 0 unspecified atom stereocenters. The lowest BCUT2D eigenvalue weighted by atomic mass is 10.1. The van der Waals surface area contributed by atoms with Crippen LogP contribution in [0.4, 0.5) is 22.4 Å². The lowest BCUT2D eigenvalue weighted by Crippen LogP contribution is -2.36. The number of rotatable bonds is 10. The number of urea groups is 1. The molecule has 2 aromatic heterocycles. The van der Waals surface area contributed by atoms with E-state index in [0.29, 0.717) is 24.7 Å². The van der Waals surface area contributed by atoms with E-state index in [1.807, 2.05) is 55.5 Å². The molecule has 6 rings (SSSR count). The van der Waals surface area contributed by atoms with Crippen LogP contribution < -0.4 is 15.5 Å². The smallest absolute Gasteiger partial charge is 0.357 e. The van der Waals surface area contributed by atoms with Crippen molar-refractivity contribution >= 4 is 29.6 Å². The van der Waals surface area contributed by atoms with Gasteiger partial charge in [0.1, 0.15) is 11.6 Å². The van der Waals surface area contributed by atoms with E-state index in [9.17, 15) is 9.59 Å². The van der Waals surface area contributed by atoms with Crippen molar-refractivity contribution < 1.29 is 23.8 Å². The molecule has 2 aliphatic heterocycles. The van der Waals surface area contributed by atoms with Crippen molar-refractivity contribution in [3.63, 3.8) is 0 Å². The summed E-state index contributed by atoms with van der Waals surface area (Å²) in [6.45, 7) is 9.34. The molecule has 4 heterocycles. The van der Waals surface area contributed by atoms with Crippen LogP contribution >= 0.6 is 0 Å². The maximum absolute atomic E-state index is 13.0. The minimum Gasteiger partial charge on any atom is -0.461 e. The van der Waals surface area contributed by atoms with Gasteiger partial charge in [-0.2, -0.15) is 0 Å². The molecule has 12 heteroatoms. The summed E-state index contributed by atoms with van der Waals surface area (Å²) in [5, 5.41) is 5.39. The van der Waals surface area contributed by atoms with Gasteiger partial charge < -0.3 is 19.1 Å². The Kier molecular flexibility index (Phi) is 12.0. The number of unbranched alkanes of at least 4 members (excludes halogenated alkanes) is 1. The molecule has 258 valence electrons. The molecule has 50 heavy (non-hydrogen) atoms. The van der Waals surface area contributed by atoms with E-state index >= 15 is 0 Å². The number of hydrogen-bond acceptors (Lipinski definition) is 10. The molecule has 2 N–H and O–H groups in total. The number of nitrogens with zero attached hydrogens (tertiary/aromatic N) is 5. The Bertz CT molecular complexity index is 1810. The number of esters is 1. The van der Waals surface area contributed by atoms with Crippen LogP contribution in [-0.4, -0.2) is 91.1 Å². The molecule has 2 amide bonds. The second kappa shape index (κ2) is 17.3. The Morgan fingerprint density at radius 1 is 0.820 bits per heavy atom. The maximum Gasteiger partial charge on any atom is 0.357 e. The molecule has 2 aliphatic rings. The highest BCUT2D eigenvalue weighted by Crippen LogP contribution is 2.22. The molecule has 12 nitrogen and oxygen atoms in total. The number of carbonyl (C=O) groups excluding carboxylic acids is 2. The largest absolute Gasteiger partial charge is 0.461 e. The molecule has 0 radical (unpaired) electrons. The number of pyridine rings is 1. The molecular formula is C38H41N7O5. The Morgan fingerprint density at radius 2 is 1.50 bits per heavy atom. The summed E-state index contributed by atoms with van der Waals surface area (Å²) in [5.74, 6) is 6.92. The van der Waals surface area contributed by atoms with Crippen molar-refractivity contribution in [2.24, 2.45) is 0 Å². The van der Waals surface area contributed by atoms with Gasteiger partial charge >= 0.3 is 12.0 Å². The van der Waals surface area contributed by atoms with Gasteiger partial charge in [-0.1, -0.05) is 55.5 Å². The highest BCUT2D eigenvalue weighted by atomic mass is 16.5. The van der Waals surface area contributed by atoms with E-state index in [2.05, 4.69) is 59.4 Å². The first-order chi connectivity index (χ1) is 24.5. The van der Waals surface area contributed by atoms with Crippen molar-refractivity contribution in [3.8, 4) is 23.1 Å². The van der Waals surface area contributed by atoms with E-state index in [4.69, 9.17) is 14.2 Å². The molecule has 4 aromatic rings. The zero-order valence-corrected chi connectivity index (χ0v) is 28.2. The quantitative estimate of drug-likeness (QED) is 0.131. The third kappa shape index (κ3) is 9.85. The number of morpholine rings is 2. The number of ether oxygens (including phenoxy) is 3. The number of benzene rings is 2. The number of aromatic nitrogens is 3. The first kappa shape index (κ1) is 34.5. The Hall–Kier alpha value is -5.35. The molecular weight excluding hydrogens is 634 g/mol. The number of carbonyl (C=O) groups is 2. The summed E-state index contributed by atoms with van der Waals surface area (Å²) in [4.78, 5) is 43.9. The molecule has 0 spiro atoms. The monoisotopic (exact) mass is 675 g/mol. The lowest BCUT2D eigenvalue weighted by Gasteiger charge is -2.27. The van der Waals surface area contributed by atoms with Gasteiger partial charge in [-0.25, -0.2) is 24.5 Å². The molecule has 2 fully saturated rings. The van der Waals surface area contributed by atoms with Gasteiger partial charge in [-0.3, -0.25) is 15.5 Å². The Morgan fingerprint density at radius 3 is 2.20 bits per heavy atom. The lowest BCUT2D eigenvalue weighted by molar-refractivity contribution is 0.0342. The fraction of sp³-hybridized carbons (Fsp3) is 0.342. The van der Waals surface area contributed by atoms with Gasteiger partial charge in [-0.05, 0) is 54.4 Å². The zero-order valence-electron chi connectivity index (χ0n) is 28.2. The van der Waals surface area contributed by atoms with E-state index in [1.165, 1.54) is 5.56 Å². The highest BCUT2D eigenvalue weighted by molar-refractivity contribution is 5.98. The van der Waals surface area contributed by atoms with E-state index in [1.54, 1.807) is 12.1 Å². The third-order valence-corrected chi connectivity index (χ3v) is 8.20. The summed E-state index contributed by atoms with van der Waals surface area (Å²) in [5.41, 5.74) is 4.20. The zero-order chi connectivity index (χ0) is 34.5. The third-order valence-electron chi connectivity index (χ3n) is 8.20. The molecule has 0 aliphatic carbocycles. The van der Waals surface area contributed by atoms with Gasteiger partial charge in [0.15, 0.2) is 5.69 Å². The van der Waals surface area contributed by atoms with E-state index < -0.39 is 12.0 Å². The van der Waals surface area contributed by atoms with Crippen molar-refractivity contribution in [1.29, 1.82) is 0 Å². The maximum atomic E-state index is 13.0. The van der Waals surface area contributed by atoms with Crippen molar-refractivity contribution in [1.82, 2.24) is 19.9 Å². The van der Waals surface area contributed by atoms with Crippen LogP contribution in [0.15, 0.2) is 72.8 Å². The SMILES string of the molecule is CCCCOC(=O)c1cc(-c2ccc(C#Cc3ccc(CN4CCOCC4)cc3)cc2)nc(NC(=O)Nc2cccc(N3CCOCC3)n2)n1. The highest BCUT2D eigenvalue weighted by Gasteiger charge is 2.17. The predicted molar refractivity (Wildman–Crippen MR) is 191 cm³/mol. The van der Waals surface area contributed by atoms with Crippen molar-refractivity contribution in [3.05, 3.63) is 95.2 Å². The molecule has 2 saturated heterocycles. The van der Waals surface area contributed by atoms with Crippen molar-refractivity contribution in [2.45, 2.75) is 26.3 Å². The predicted octanol–water partition coefficient (Wildman–Crippen LogP) is 5.21. The Labute approximate surface area is 292 Å². The summed E-state index contributed by atoms with van der Waals surface area (Å²) < 4.78 is 16.3. The topological polar surface area (TPSA) is 131 Å². The number of hydrogen-bond donors (Lipinski definition) is 2. The van der Waals surface area contributed by atoms with Crippen LogP contribution in [-0.2, 0) is 20.8 Å². The molecule has 2 aromatic carbocycles. The van der Waals surface area contributed by atoms with E-state index in [-0.39, 0.29) is 18.2 Å². The molecule has 0 bridgehead atoms. The minimum absolute atomic E-state index is 0.0368. The standard InChI is InChI=1S/C38H41N7O5/c1-2-3-21-50-36(46)33-26-32(39-37(40-33)43-38(47)42-34-5-4-6-35(41-34)45-19-24-49-25-20-45)31-15-13-29(14-16-31)8-7-28-9-11-30(12-10-28)27-44-17-22-48-23-18-44/h4-6,9-16,26H,2-3,17-25,27H2,1H3,(H2,39,40,41,42,43,47). The number of amides is 2. The van der Waals surface area contributed by atoms with Gasteiger partial charge in [0.25, 0.3) is 0 Å². The summed E-state index contributed by atoms with van der Waals surface area (Å²) in [6, 6.07) is 22.2. The van der Waals surface area contributed by atoms with Crippen LogP contribution in [0, 0.1) is 11.8 Å². The molecule has 0 saturated carbocycles.